The standard InChI is InChI=1S/C20H19N3OS/c1-13-3-7-15(8-4-13)17-11-18(16-9-5-14(2)6-10-16)23(22-17)20-21-19(24)12-25-20/h3-10,12,18,24H,11H2,1-2H3. The van der Waals surface area contributed by atoms with Crippen molar-refractivity contribution in [1.82, 2.24) is 4.98 Å². The van der Waals surface area contributed by atoms with Crippen molar-refractivity contribution in [3.8, 4) is 5.88 Å². The topological polar surface area (TPSA) is 48.7 Å². The maximum Gasteiger partial charge on any atom is 0.223 e. The fourth-order valence-corrected chi connectivity index (χ4v) is 3.70. The molecule has 3 aromatic rings. The summed E-state index contributed by atoms with van der Waals surface area (Å²) in [6.45, 7) is 4.17. The molecule has 0 saturated carbocycles. The number of rotatable bonds is 3. The van der Waals surface area contributed by atoms with Crippen LogP contribution in [0.2, 0.25) is 0 Å². The third kappa shape index (κ3) is 3.15. The highest BCUT2D eigenvalue weighted by atomic mass is 32.1. The minimum Gasteiger partial charge on any atom is -0.493 e. The van der Waals surface area contributed by atoms with E-state index in [1.165, 1.54) is 28.0 Å². The predicted molar refractivity (Wildman–Crippen MR) is 103 cm³/mol. The summed E-state index contributed by atoms with van der Waals surface area (Å²) in [6.07, 6.45) is 0.812. The van der Waals surface area contributed by atoms with Crippen molar-refractivity contribution in [2.24, 2.45) is 5.10 Å². The lowest BCUT2D eigenvalue weighted by molar-refractivity contribution is 0.457. The second-order valence-corrected chi connectivity index (χ2v) is 7.21. The third-order valence-electron chi connectivity index (χ3n) is 4.43. The smallest absolute Gasteiger partial charge is 0.223 e. The van der Waals surface area contributed by atoms with Gasteiger partial charge in [0.25, 0.3) is 0 Å². The Morgan fingerprint density at radius 1 is 1.00 bits per heavy atom. The van der Waals surface area contributed by atoms with Gasteiger partial charge in [-0.15, -0.1) is 0 Å². The molecule has 1 atom stereocenters. The van der Waals surface area contributed by atoms with Crippen LogP contribution in [0.15, 0.2) is 59.0 Å². The van der Waals surface area contributed by atoms with E-state index in [-0.39, 0.29) is 11.9 Å². The first-order valence-corrected chi connectivity index (χ1v) is 9.13. The SMILES string of the molecule is Cc1ccc(C2=NN(c3nc(O)cs3)C(c3ccc(C)cc3)C2)cc1. The quantitative estimate of drug-likeness (QED) is 0.737. The van der Waals surface area contributed by atoms with Crippen molar-refractivity contribution >= 4 is 22.2 Å². The summed E-state index contributed by atoms with van der Waals surface area (Å²) >= 11 is 1.41. The van der Waals surface area contributed by atoms with E-state index in [9.17, 15) is 5.11 Å². The lowest BCUT2D eigenvalue weighted by Gasteiger charge is -2.21. The minimum atomic E-state index is 0.0432. The molecule has 25 heavy (non-hydrogen) atoms. The highest BCUT2D eigenvalue weighted by molar-refractivity contribution is 7.13. The predicted octanol–water partition coefficient (Wildman–Crippen LogP) is 4.82. The van der Waals surface area contributed by atoms with Crippen molar-refractivity contribution < 1.29 is 5.11 Å². The number of thiazole rings is 1. The summed E-state index contributed by atoms with van der Waals surface area (Å²) in [5.74, 6) is 0.0432. The van der Waals surface area contributed by atoms with Gasteiger partial charge in [0.05, 0.1) is 17.1 Å². The lowest BCUT2D eigenvalue weighted by atomic mass is 9.97. The van der Waals surface area contributed by atoms with Gasteiger partial charge in [-0.2, -0.15) is 10.1 Å². The molecule has 0 radical (unpaired) electrons. The minimum absolute atomic E-state index is 0.0432. The van der Waals surface area contributed by atoms with Crippen LogP contribution in [0.3, 0.4) is 0 Å². The summed E-state index contributed by atoms with van der Waals surface area (Å²) in [4.78, 5) is 4.22. The maximum absolute atomic E-state index is 9.64. The van der Waals surface area contributed by atoms with Gasteiger partial charge in [-0.1, -0.05) is 71.0 Å². The number of hydrazone groups is 1. The molecule has 4 rings (SSSR count). The zero-order valence-electron chi connectivity index (χ0n) is 14.2. The highest BCUT2D eigenvalue weighted by Crippen LogP contribution is 2.38. The molecule has 4 nitrogen and oxygen atoms in total. The van der Waals surface area contributed by atoms with Crippen LogP contribution >= 0.6 is 11.3 Å². The van der Waals surface area contributed by atoms with E-state index in [1.807, 2.05) is 5.01 Å². The summed E-state index contributed by atoms with van der Waals surface area (Å²) in [5, 5.41) is 18.8. The molecule has 0 saturated heterocycles. The van der Waals surface area contributed by atoms with Crippen LogP contribution in [-0.2, 0) is 0 Å². The second kappa shape index (κ2) is 6.33. The number of aromatic hydroxyl groups is 1. The highest BCUT2D eigenvalue weighted by Gasteiger charge is 2.31. The van der Waals surface area contributed by atoms with Crippen LogP contribution in [0, 0.1) is 13.8 Å². The average Bonchev–Trinajstić information content (AvgIpc) is 3.23. The van der Waals surface area contributed by atoms with Crippen molar-refractivity contribution in [1.29, 1.82) is 0 Å². The number of hydrogen-bond acceptors (Lipinski definition) is 5. The summed E-state index contributed by atoms with van der Waals surface area (Å²) in [6, 6.07) is 17.1. The monoisotopic (exact) mass is 349 g/mol. The van der Waals surface area contributed by atoms with Gasteiger partial charge in [-0.05, 0) is 25.0 Å². The summed E-state index contributed by atoms with van der Waals surface area (Å²) in [7, 11) is 0. The molecule has 0 amide bonds. The molecule has 0 aliphatic carbocycles. The van der Waals surface area contributed by atoms with Crippen LogP contribution in [-0.4, -0.2) is 15.8 Å². The van der Waals surface area contributed by atoms with E-state index in [0.29, 0.717) is 5.13 Å². The average molecular weight is 349 g/mol. The molecule has 1 aromatic heterocycles. The molecule has 1 aliphatic rings. The van der Waals surface area contributed by atoms with Crippen molar-refractivity contribution in [3.63, 3.8) is 0 Å². The summed E-state index contributed by atoms with van der Waals surface area (Å²) < 4.78 is 0. The molecule has 0 bridgehead atoms. The first-order chi connectivity index (χ1) is 12.1. The van der Waals surface area contributed by atoms with Crippen LogP contribution in [0.1, 0.15) is 34.7 Å². The molecule has 2 aromatic carbocycles. The van der Waals surface area contributed by atoms with Crippen molar-refractivity contribution in [3.05, 3.63) is 76.2 Å². The van der Waals surface area contributed by atoms with E-state index < -0.39 is 0 Å². The maximum atomic E-state index is 9.64. The number of aromatic nitrogens is 1. The Hall–Kier alpha value is -2.66. The van der Waals surface area contributed by atoms with E-state index in [4.69, 9.17) is 5.10 Å². The number of nitrogens with zero attached hydrogens (tertiary/aromatic N) is 3. The summed E-state index contributed by atoms with van der Waals surface area (Å²) in [5.41, 5.74) is 5.84. The number of hydrogen-bond donors (Lipinski definition) is 1. The molecule has 0 fully saturated rings. The zero-order chi connectivity index (χ0) is 17.4. The molecule has 0 spiro atoms. The Bertz CT molecular complexity index is 913. The molecule has 126 valence electrons. The zero-order valence-corrected chi connectivity index (χ0v) is 15.0. The van der Waals surface area contributed by atoms with Gasteiger partial charge in [0.1, 0.15) is 0 Å². The van der Waals surface area contributed by atoms with Gasteiger partial charge in [0, 0.05) is 6.42 Å². The van der Waals surface area contributed by atoms with Gasteiger partial charge < -0.3 is 5.11 Å². The van der Waals surface area contributed by atoms with E-state index in [0.717, 1.165) is 17.7 Å². The third-order valence-corrected chi connectivity index (χ3v) is 5.25. The first kappa shape index (κ1) is 15.8. The van der Waals surface area contributed by atoms with E-state index in [1.54, 1.807) is 5.38 Å². The Balaban J connectivity index is 1.73. The van der Waals surface area contributed by atoms with Crippen LogP contribution in [0.5, 0.6) is 5.88 Å². The largest absolute Gasteiger partial charge is 0.493 e. The van der Waals surface area contributed by atoms with Crippen LogP contribution < -0.4 is 5.01 Å². The van der Waals surface area contributed by atoms with Crippen LogP contribution in [0.25, 0.3) is 0 Å². The Morgan fingerprint density at radius 3 is 2.24 bits per heavy atom. The van der Waals surface area contributed by atoms with E-state index in [2.05, 4.69) is 67.4 Å². The number of anilines is 1. The normalized spacial score (nSPS) is 17.0. The van der Waals surface area contributed by atoms with Gasteiger partial charge in [-0.25, -0.2) is 5.01 Å². The second-order valence-electron chi connectivity index (χ2n) is 6.38. The Morgan fingerprint density at radius 2 is 1.64 bits per heavy atom. The molecular formula is C20H19N3OS. The Kier molecular flexibility index (Phi) is 4.01. The van der Waals surface area contributed by atoms with Gasteiger partial charge in [0.15, 0.2) is 0 Å². The first-order valence-electron chi connectivity index (χ1n) is 8.25. The molecule has 1 aliphatic heterocycles. The molecular weight excluding hydrogens is 330 g/mol. The molecule has 1 N–H and O–H groups in total. The fraction of sp³-hybridized carbons (Fsp3) is 0.200. The van der Waals surface area contributed by atoms with Crippen molar-refractivity contribution in [2.45, 2.75) is 26.3 Å². The van der Waals surface area contributed by atoms with Gasteiger partial charge >= 0.3 is 0 Å². The molecule has 1 unspecified atom stereocenters. The number of benzene rings is 2. The van der Waals surface area contributed by atoms with Crippen molar-refractivity contribution in [2.75, 3.05) is 5.01 Å². The molecule has 2 heterocycles. The van der Waals surface area contributed by atoms with Gasteiger partial charge in [0.2, 0.25) is 11.0 Å². The number of aryl methyl sites for hydroxylation is 2. The lowest BCUT2D eigenvalue weighted by Crippen LogP contribution is -2.18. The van der Waals surface area contributed by atoms with Crippen LogP contribution in [0.4, 0.5) is 5.13 Å². The van der Waals surface area contributed by atoms with Gasteiger partial charge in [-0.3, -0.25) is 0 Å². The Labute approximate surface area is 151 Å². The van der Waals surface area contributed by atoms with E-state index >= 15 is 0 Å². The fourth-order valence-electron chi connectivity index (χ4n) is 3.02. The molecule has 5 heteroatoms.